The summed E-state index contributed by atoms with van der Waals surface area (Å²) in [4.78, 5) is 18.2. The first kappa shape index (κ1) is 14.6. The molecule has 0 unspecified atom stereocenters. The quantitative estimate of drug-likeness (QED) is 0.665. The van der Waals surface area contributed by atoms with E-state index in [2.05, 4.69) is 20.6 Å². The van der Waals surface area contributed by atoms with Gasteiger partial charge in [0.25, 0.3) is 0 Å². The molecule has 9 heteroatoms. The maximum Gasteiger partial charge on any atom is 0.332 e. The van der Waals surface area contributed by atoms with Gasteiger partial charge in [-0.05, 0) is 19.1 Å². The third-order valence-electron chi connectivity index (χ3n) is 2.65. The maximum atomic E-state index is 13.6. The van der Waals surface area contributed by atoms with E-state index in [1.54, 1.807) is 7.05 Å². The van der Waals surface area contributed by atoms with Crippen molar-refractivity contribution in [3.8, 4) is 0 Å². The predicted octanol–water partition coefficient (Wildman–Crippen LogP) is 2.76. The lowest BCUT2D eigenvalue weighted by Gasteiger charge is -2.10. The van der Waals surface area contributed by atoms with Gasteiger partial charge in [0.05, 0.1) is 10.6 Å². The second kappa shape index (κ2) is 5.65. The van der Waals surface area contributed by atoms with Crippen LogP contribution in [0.3, 0.4) is 0 Å². The SMILES string of the molecule is CNc1nc(C)c([N+](=O)[O-])c(Nc2ccc(F)cc2F)n1. The van der Waals surface area contributed by atoms with Gasteiger partial charge in [0.1, 0.15) is 17.3 Å². The molecule has 1 aromatic heterocycles. The molecule has 0 aliphatic rings. The summed E-state index contributed by atoms with van der Waals surface area (Å²) in [6.07, 6.45) is 0. The maximum absolute atomic E-state index is 13.6. The number of hydrogen-bond acceptors (Lipinski definition) is 6. The molecule has 7 nitrogen and oxygen atoms in total. The largest absolute Gasteiger partial charge is 0.357 e. The van der Waals surface area contributed by atoms with Crippen molar-refractivity contribution in [3.63, 3.8) is 0 Å². The lowest BCUT2D eigenvalue weighted by molar-refractivity contribution is -0.385. The molecule has 0 saturated heterocycles. The van der Waals surface area contributed by atoms with Gasteiger partial charge in [-0.25, -0.2) is 13.8 Å². The molecule has 0 saturated carbocycles. The van der Waals surface area contributed by atoms with Crippen LogP contribution in [0.25, 0.3) is 0 Å². The predicted molar refractivity (Wildman–Crippen MR) is 72.6 cm³/mol. The highest BCUT2D eigenvalue weighted by molar-refractivity contribution is 5.68. The Morgan fingerprint density at radius 2 is 2.00 bits per heavy atom. The number of halogens is 2. The van der Waals surface area contributed by atoms with Crippen molar-refractivity contribution in [2.24, 2.45) is 0 Å². The standard InChI is InChI=1S/C12H11F2N5O2/c1-6-10(19(20)21)11(18-12(15-2)16-6)17-9-4-3-7(13)5-8(9)14/h3-5H,1-2H3,(H2,15,16,17,18). The number of nitro groups is 1. The molecule has 0 radical (unpaired) electrons. The molecule has 2 aromatic rings. The van der Waals surface area contributed by atoms with Crippen LogP contribution in [-0.2, 0) is 0 Å². The Bertz CT molecular complexity index is 708. The van der Waals surface area contributed by atoms with Crippen molar-refractivity contribution < 1.29 is 13.7 Å². The Balaban J connectivity index is 2.51. The van der Waals surface area contributed by atoms with Crippen LogP contribution in [0.4, 0.5) is 31.9 Å². The molecular formula is C12H11F2N5O2. The fraction of sp³-hybridized carbons (Fsp3) is 0.167. The third-order valence-corrected chi connectivity index (χ3v) is 2.65. The average molecular weight is 295 g/mol. The van der Waals surface area contributed by atoms with E-state index in [-0.39, 0.29) is 28.8 Å². The number of benzene rings is 1. The van der Waals surface area contributed by atoms with Gasteiger partial charge in [0.2, 0.25) is 11.8 Å². The molecule has 2 N–H and O–H groups in total. The summed E-state index contributed by atoms with van der Waals surface area (Å²) in [5.74, 6) is -1.67. The van der Waals surface area contributed by atoms with Crippen molar-refractivity contribution in [1.29, 1.82) is 0 Å². The number of nitrogens with one attached hydrogen (secondary N) is 2. The van der Waals surface area contributed by atoms with Crippen LogP contribution in [0.1, 0.15) is 5.69 Å². The van der Waals surface area contributed by atoms with E-state index in [0.29, 0.717) is 6.07 Å². The lowest BCUT2D eigenvalue weighted by atomic mass is 10.2. The van der Waals surface area contributed by atoms with Crippen LogP contribution in [-0.4, -0.2) is 21.9 Å². The summed E-state index contributed by atoms with van der Waals surface area (Å²) in [7, 11) is 1.54. The van der Waals surface area contributed by atoms with Gasteiger partial charge in [0.15, 0.2) is 0 Å². The van der Waals surface area contributed by atoms with Gasteiger partial charge >= 0.3 is 5.69 Å². The molecule has 0 fully saturated rings. The van der Waals surface area contributed by atoms with E-state index < -0.39 is 16.6 Å². The Morgan fingerprint density at radius 1 is 1.29 bits per heavy atom. The molecule has 21 heavy (non-hydrogen) atoms. The molecule has 0 amide bonds. The molecule has 2 rings (SSSR count). The van der Waals surface area contributed by atoms with E-state index >= 15 is 0 Å². The highest BCUT2D eigenvalue weighted by Crippen LogP contribution is 2.30. The fourth-order valence-electron chi connectivity index (χ4n) is 1.70. The molecule has 110 valence electrons. The summed E-state index contributed by atoms with van der Waals surface area (Å²) in [6.45, 7) is 1.44. The highest BCUT2D eigenvalue weighted by Gasteiger charge is 2.22. The summed E-state index contributed by atoms with van der Waals surface area (Å²) in [5, 5.41) is 16.2. The third kappa shape index (κ3) is 3.02. The summed E-state index contributed by atoms with van der Waals surface area (Å²) >= 11 is 0. The second-order valence-corrected chi connectivity index (χ2v) is 4.09. The van der Waals surface area contributed by atoms with Gasteiger partial charge in [-0.3, -0.25) is 10.1 Å². The van der Waals surface area contributed by atoms with E-state index in [1.807, 2.05) is 0 Å². The molecule has 0 bridgehead atoms. The zero-order valence-electron chi connectivity index (χ0n) is 11.1. The summed E-state index contributed by atoms with van der Waals surface area (Å²) < 4.78 is 26.5. The van der Waals surface area contributed by atoms with Crippen molar-refractivity contribution in [2.75, 3.05) is 17.7 Å². The minimum Gasteiger partial charge on any atom is -0.357 e. The molecule has 0 atom stereocenters. The molecule has 0 aliphatic carbocycles. The van der Waals surface area contributed by atoms with E-state index in [0.717, 1.165) is 12.1 Å². The molecule has 0 aliphatic heterocycles. The Morgan fingerprint density at radius 3 is 2.57 bits per heavy atom. The van der Waals surface area contributed by atoms with Crippen molar-refractivity contribution in [2.45, 2.75) is 6.92 Å². The fourth-order valence-corrected chi connectivity index (χ4v) is 1.70. The minimum absolute atomic E-state index is 0.115. The first-order chi connectivity index (χ1) is 9.92. The Labute approximate surface area is 118 Å². The van der Waals surface area contributed by atoms with Gasteiger partial charge in [-0.15, -0.1) is 0 Å². The molecular weight excluding hydrogens is 284 g/mol. The van der Waals surface area contributed by atoms with Gasteiger partial charge in [-0.1, -0.05) is 0 Å². The van der Waals surface area contributed by atoms with Gasteiger partial charge in [-0.2, -0.15) is 4.98 Å². The second-order valence-electron chi connectivity index (χ2n) is 4.09. The van der Waals surface area contributed by atoms with Gasteiger partial charge in [0, 0.05) is 13.1 Å². The Hall–Kier alpha value is -2.84. The van der Waals surface area contributed by atoms with Crippen LogP contribution < -0.4 is 10.6 Å². The van der Waals surface area contributed by atoms with E-state index in [1.165, 1.54) is 6.92 Å². The minimum atomic E-state index is -0.883. The number of anilines is 3. The zero-order valence-corrected chi connectivity index (χ0v) is 11.1. The molecule has 0 spiro atoms. The number of aryl methyl sites for hydroxylation is 1. The zero-order chi connectivity index (χ0) is 15.6. The molecule has 1 aromatic carbocycles. The van der Waals surface area contributed by atoms with Crippen LogP contribution in [0.2, 0.25) is 0 Å². The monoisotopic (exact) mass is 295 g/mol. The van der Waals surface area contributed by atoms with Crippen LogP contribution in [0.15, 0.2) is 18.2 Å². The van der Waals surface area contributed by atoms with Gasteiger partial charge < -0.3 is 10.6 Å². The first-order valence-corrected chi connectivity index (χ1v) is 5.85. The summed E-state index contributed by atoms with van der Waals surface area (Å²) in [5.41, 5.74) is -0.387. The summed E-state index contributed by atoms with van der Waals surface area (Å²) in [6, 6.07) is 2.83. The number of hydrogen-bond donors (Lipinski definition) is 2. The topological polar surface area (TPSA) is 93.0 Å². The van der Waals surface area contributed by atoms with E-state index in [9.17, 15) is 18.9 Å². The van der Waals surface area contributed by atoms with Crippen molar-refractivity contribution >= 4 is 23.1 Å². The number of rotatable bonds is 4. The normalized spacial score (nSPS) is 10.3. The average Bonchev–Trinajstić information content (AvgIpc) is 2.40. The molecule has 1 heterocycles. The van der Waals surface area contributed by atoms with Crippen LogP contribution >= 0.6 is 0 Å². The number of aromatic nitrogens is 2. The van der Waals surface area contributed by atoms with E-state index in [4.69, 9.17) is 0 Å². The Kier molecular flexibility index (Phi) is 3.92. The number of nitrogens with zero attached hydrogens (tertiary/aromatic N) is 3. The van der Waals surface area contributed by atoms with Crippen molar-refractivity contribution in [3.05, 3.63) is 45.6 Å². The van der Waals surface area contributed by atoms with Crippen molar-refractivity contribution in [1.82, 2.24) is 9.97 Å². The highest BCUT2D eigenvalue weighted by atomic mass is 19.1. The first-order valence-electron chi connectivity index (χ1n) is 5.85. The van der Waals surface area contributed by atoms with Crippen LogP contribution in [0, 0.1) is 28.7 Å². The lowest BCUT2D eigenvalue weighted by Crippen LogP contribution is -2.07. The smallest absolute Gasteiger partial charge is 0.332 e. The van der Waals surface area contributed by atoms with Crippen LogP contribution in [0.5, 0.6) is 0 Å².